The van der Waals surface area contributed by atoms with E-state index in [1.165, 1.54) is 23.3 Å². The summed E-state index contributed by atoms with van der Waals surface area (Å²) in [6, 6.07) is 14.5. The van der Waals surface area contributed by atoms with Crippen LogP contribution < -0.4 is 10.6 Å². The number of halogens is 2. The molecule has 0 saturated heterocycles. The summed E-state index contributed by atoms with van der Waals surface area (Å²) in [5.74, 6) is 0.130. The first-order valence-electron chi connectivity index (χ1n) is 9.58. The van der Waals surface area contributed by atoms with Crippen LogP contribution in [0.4, 0.5) is 15.9 Å². The summed E-state index contributed by atoms with van der Waals surface area (Å²) in [6.45, 7) is 3.14. The third-order valence-electron chi connectivity index (χ3n) is 4.67. The normalized spacial score (nSPS) is 10.8. The first-order valence-corrected chi connectivity index (χ1v) is 10.4. The minimum atomic E-state index is -0.289. The predicted molar refractivity (Wildman–Crippen MR) is 125 cm³/mol. The Hall–Kier alpha value is -3.23. The molecule has 4 aromatic rings. The van der Waals surface area contributed by atoms with Crippen LogP contribution in [0.25, 0.3) is 0 Å². The Morgan fingerprint density at radius 2 is 1.90 bits per heavy atom. The molecule has 9 heteroatoms. The van der Waals surface area contributed by atoms with E-state index in [9.17, 15) is 4.39 Å². The summed E-state index contributed by atoms with van der Waals surface area (Å²) in [4.78, 5) is 0. The second kappa shape index (κ2) is 9.28. The van der Waals surface area contributed by atoms with E-state index in [-0.39, 0.29) is 5.82 Å². The molecule has 0 fully saturated rings. The Morgan fingerprint density at radius 3 is 2.71 bits per heavy atom. The van der Waals surface area contributed by atoms with E-state index in [1.54, 1.807) is 23.1 Å². The number of nitrogens with one attached hydrogen (secondary N) is 2. The number of nitrogens with zero attached hydrogens (tertiary/aromatic N) is 4. The molecular weight excluding hydrogens is 435 g/mol. The zero-order chi connectivity index (χ0) is 21.8. The van der Waals surface area contributed by atoms with Crippen molar-refractivity contribution >= 4 is 40.4 Å². The van der Waals surface area contributed by atoms with E-state index in [0.717, 1.165) is 11.3 Å². The summed E-state index contributed by atoms with van der Waals surface area (Å²) >= 11 is 11.7. The fourth-order valence-electron chi connectivity index (χ4n) is 3.13. The number of aryl methyl sites for hydroxylation is 1. The van der Waals surface area contributed by atoms with Gasteiger partial charge in [0, 0.05) is 12.4 Å². The Labute approximate surface area is 189 Å². The number of aromatic nitrogens is 4. The van der Waals surface area contributed by atoms with Gasteiger partial charge in [-0.2, -0.15) is 10.2 Å². The van der Waals surface area contributed by atoms with Gasteiger partial charge in [0.15, 0.2) is 10.9 Å². The number of hydrogen-bond acceptors (Lipinski definition) is 3. The van der Waals surface area contributed by atoms with Crippen molar-refractivity contribution in [3.05, 3.63) is 94.7 Å². The van der Waals surface area contributed by atoms with Crippen LogP contribution in [0.15, 0.2) is 67.1 Å². The van der Waals surface area contributed by atoms with Crippen LogP contribution in [0.5, 0.6) is 0 Å². The van der Waals surface area contributed by atoms with Crippen LogP contribution in [0.1, 0.15) is 16.7 Å². The number of anilines is 2. The number of thiocarbonyl (C=S) groups is 1. The van der Waals surface area contributed by atoms with Crippen molar-refractivity contribution in [2.45, 2.75) is 20.0 Å². The van der Waals surface area contributed by atoms with Gasteiger partial charge in [0.25, 0.3) is 0 Å². The average Bonchev–Trinajstić information content (AvgIpc) is 3.29. The molecule has 2 N–H and O–H groups in total. The first kappa shape index (κ1) is 21.0. The van der Waals surface area contributed by atoms with Gasteiger partial charge in [0.05, 0.1) is 25.0 Å². The van der Waals surface area contributed by atoms with E-state index in [4.69, 9.17) is 23.8 Å². The quantitative estimate of drug-likeness (QED) is 0.397. The molecular formula is C22H20ClFN6S. The second-order valence-electron chi connectivity index (χ2n) is 7.09. The molecule has 2 aromatic carbocycles. The average molecular weight is 455 g/mol. The van der Waals surface area contributed by atoms with Gasteiger partial charge in [-0.15, -0.1) is 0 Å². The fourth-order valence-corrected chi connectivity index (χ4v) is 3.54. The van der Waals surface area contributed by atoms with Gasteiger partial charge in [-0.1, -0.05) is 48.0 Å². The summed E-state index contributed by atoms with van der Waals surface area (Å²) in [5, 5.41) is 15.6. The van der Waals surface area contributed by atoms with Gasteiger partial charge >= 0.3 is 0 Å². The highest BCUT2D eigenvalue weighted by Crippen LogP contribution is 2.21. The molecule has 0 atom stereocenters. The molecule has 4 rings (SSSR count). The first-order chi connectivity index (χ1) is 15.0. The molecule has 0 spiro atoms. The van der Waals surface area contributed by atoms with Crippen LogP contribution in [0.3, 0.4) is 0 Å². The smallest absolute Gasteiger partial charge is 0.176 e. The van der Waals surface area contributed by atoms with Crippen molar-refractivity contribution in [3.63, 3.8) is 0 Å². The predicted octanol–water partition coefficient (Wildman–Crippen LogP) is 5.09. The lowest BCUT2D eigenvalue weighted by atomic mass is 10.1. The van der Waals surface area contributed by atoms with E-state index in [1.807, 2.05) is 29.1 Å². The Bertz CT molecular complexity index is 1220. The van der Waals surface area contributed by atoms with Gasteiger partial charge < -0.3 is 10.6 Å². The van der Waals surface area contributed by atoms with Gasteiger partial charge in [-0.05, 0) is 48.0 Å². The third kappa shape index (κ3) is 5.48. The molecule has 158 valence electrons. The zero-order valence-electron chi connectivity index (χ0n) is 16.7. The monoisotopic (exact) mass is 454 g/mol. The van der Waals surface area contributed by atoms with Gasteiger partial charge in [-0.25, -0.2) is 4.39 Å². The lowest BCUT2D eigenvalue weighted by Gasteiger charge is -2.07. The lowest BCUT2D eigenvalue weighted by Crippen LogP contribution is -2.19. The summed E-state index contributed by atoms with van der Waals surface area (Å²) in [6.07, 6.45) is 5.25. The van der Waals surface area contributed by atoms with Crippen molar-refractivity contribution in [2.24, 2.45) is 0 Å². The van der Waals surface area contributed by atoms with Crippen molar-refractivity contribution < 1.29 is 4.39 Å². The zero-order valence-corrected chi connectivity index (χ0v) is 18.3. The number of benzene rings is 2. The highest BCUT2D eigenvalue weighted by molar-refractivity contribution is 7.80. The molecule has 0 saturated carbocycles. The second-order valence-corrected chi connectivity index (χ2v) is 7.90. The maximum atomic E-state index is 13.4. The van der Waals surface area contributed by atoms with Crippen LogP contribution >= 0.6 is 23.8 Å². The number of hydrogen-bond donors (Lipinski definition) is 2. The molecule has 0 aliphatic rings. The minimum absolute atomic E-state index is 0.289. The molecule has 2 aromatic heterocycles. The molecule has 0 amide bonds. The Morgan fingerprint density at radius 1 is 1.06 bits per heavy atom. The maximum Gasteiger partial charge on any atom is 0.176 e. The third-order valence-corrected chi connectivity index (χ3v) is 5.15. The molecule has 2 heterocycles. The maximum absolute atomic E-state index is 13.4. The van der Waals surface area contributed by atoms with E-state index in [2.05, 4.69) is 39.9 Å². The van der Waals surface area contributed by atoms with Crippen molar-refractivity contribution in [1.82, 2.24) is 19.6 Å². The molecule has 0 aliphatic heterocycles. The van der Waals surface area contributed by atoms with E-state index in [0.29, 0.717) is 29.0 Å². The molecule has 31 heavy (non-hydrogen) atoms. The Balaban J connectivity index is 1.36. The summed E-state index contributed by atoms with van der Waals surface area (Å²) < 4.78 is 16.8. The van der Waals surface area contributed by atoms with Gasteiger partial charge in [-0.3, -0.25) is 9.36 Å². The van der Waals surface area contributed by atoms with Gasteiger partial charge in [0.2, 0.25) is 0 Å². The van der Waals surface area contributed by atoms with Crippen LogP contribution in [-0.2, 0) is 13.1 Å². The highest BCUT2D eigenvalue weighted by atomic mass is 35.5. The number of rotatable bonds is 6. The topological polar surface area (TPSA) is 59.7 Å². The minimum Gasteiger partial charge on any atom is -0.330 e. The van der Waals surface area contributed by atoms with Crippen LogP contribution in [0, 0.1) is 12.7 Å². The standard InChI is InChI=1S/C22H20ClFN6S/c1-15-5-2-3-7-17(15)12-29-13-19(10-25-29)26-22(31)27-21-20(23)14-30(28-21)11-16-6-4-8-18(24)9-16/h2-10,13-14H,11-12H2,1H3,(H2,26,27,28,31). The molecule has 0 aliphatic carbocycles. The van der Waals surface area contributed by atoms with Gasteiger partial charge in [0.1, 0.15) is 10.8 Å². The molecule has 6 nitrogen and oxygen atoms in total. The van der Waals surface area contributed by atoms with Crippen LogP contribution in [-0.4, -0.2) is 24.7 Å². The van der Waals surface area contributed by atoms with E-state index < -0.39 is 0 Å². The molecule has 0 bridgehead atoms. The summed E-state index contributed by atoms with van der Waals surface area (Å²) in [7, 11) is 0. The SMILES string of the molecule is Cc1ccccc1Cn1cc(NC(=S)Nc2nn(Cc3cccc(F)c3)cc2Cl)cn1. The molecule has 0 radical (unpaired) electrons. The van der Waals surface area contributed by atoms with E-state index >= 15 is 0 Å². The summed E-state index contributed by atoms with van der Waals surface area (Å²) in [5.41, 5.74) is 3.95. The molecule has 0 unspecified atom stereocenters. The van der Waals surface area contributed by atoms with Crippen LogP contribution in [0.2, 0.25) is 5.02 Å². The fraction of sp³-hybridized carbons (Fsp3) is 0.136. The largest absolute Gasteiger partial charge is 0.330 e. The highest BCUT2D eigenvalue weighted by Gasteiger charge is 2.10. The Kier molecular flexibility index (Phi) is 6.29. The van der Waals surface area contributed by atoms with Crippen molar-refractivity contribution in [2.75, 3.05) is 10.6 Å². The van der Waals surface area contributed by atoms with Crippen molar-refractivity contribution in [3.8, 4) is 0 Å². The lowest BCUT2D eigenvalue weighted by molar-refractivity contribution is 0.619. The van der Waals surface area contributed by atoms with Crippen molar-refractivity contribution in [1.29, 1.82) is 0 Å².